The highest BCUT2D eigenvalue weighted by Gasteiger charge is 2.14. The Bertz CT molecular complexity index is 784. The lowest BCUT2D eigenvalue weighted by Crippen LogP contribution is -2.04. The second-order valence-corrected chi connectivity index (χ2v) is 5.11. The van der Waals surface area contributed by atoms with Crippen LogP contribution in [0.4, 0.5) is 20.3 Å². The smallest absolute Gasteiger partial charge is 0.255 e. The predicted molar refractivity (Wildman–Crippen MR) is 73.1 cm³/mol. The molecule has 20 heavy (non-hydrogen) atoms. The van der Waals surface area contributed by atoms with Gasteiger partial charge in [0.2, 0.25) is 0 Å². The molecule has 0 radical (unpaired) electrons. The Morgan fingerprint density at radius 3 is 2.60 bits per heavy atom. The number of hydrogen-bond acceptors (Lipinski definition) is 4. The second-order valence-electron chi connectivity index (χ2n) is 3.81. The number of benzene rings is 1. The Labute approximate surface area is 124 Å². The summed E-state index contributed by atoms with van der Waals surface area (Å²) in [5.74, 6) is -1.04. The van der Waals surface area contributed by atoms with E-state index in [2.05, 4.69) is 36.3 Å². The lowest BCUT2D eigenvalue weighted by atomic mass is 10.3. The van der Waals surface area contributed by atoms with Crippen LogP contribution in [0, 0.1) is 11.6 Å². The third kappa shape index (κ3) is 2.32. The molecule has 102 valence electrons. The van der Waals surface area contributed by atoms with Gasteiger partial charge in [0.05, 0.1) is 0 Å². The highest BCUT2D eigenvalue weighted by molar-refractivity contribution is 9.10. The number of nitrogens with one attached hydrogen (secondary N) is 1. The summed E-state index contributed by atoms with van der Waals surface area (Å²) in [6, 6.07) is 3.68. The van der Waals surface area contributed by atoms with Gasteiger partial charge in [0.1, 0.15) is 23.0 Å². The molecule has 0 amide bonds. The Morgan fingerprint density at radius 2 is 1.90 bits per heavy atom. The maximum Gasteiger partial charge on any atom is 0.255 e. The summed E-state index contributed by atoms with van der Waals surface area (Å²) < 4.78 is 29.2. The maximum atomic E-state index is 13.8. The van der Waals surface area contributed by atoms with E-state index >= 15 is 0 Å². The Morgan fingerprint density at radius 1 is 1.20 bits per heavy atom. The summed E-state index contributed by atoms with van der Waals surface area (Å²) in [4.78, 5) is 7.78. The van der Waals surface area contributed by atoms with E-state index in [1.807, 2.05) is 0 Å². The summed E-state index contributed by atoms with van der Waals surface area (Å²) in [6.45, 7) is 0. The van der Waals surface area contributed by atoms with Gasteiger partial charge in [-0.1, -0.05) is 27.5 Å². The van der Waals surface area contributed by atoms with E-state index in [1.54, 1.807) is 0 Å². The van der Waals surface area contributed by atoms with Crippen molar-refractivity contribution < 1.29 is 8.78 Å². The quantitative estimate of drug-likeness (QED) is 0.710. The molecule has 2 heterocycles. The number of rotatable bonds is 2. The van der Waals surface area contributed by atoms with Crippen molar-refractivity contribution in [1.82, 2.24) is 19.6 Å². The third-order valence-corrected chi connectivity index (χ3v) is 3.13. The average Bonchev–Trinajstić information content (AvgIpc) is 2.81. The molecule has 0 fully saturated rings. The van der Waals surface area contributed by atoms with E-state index in [0.717, 1.165) is 12.1 Å². The first-order valence-corrected chi connectivity index (χ1v) is 6.49. The molecular weight excluding hydrogens is 356 g/mol. The minimum absolute atomic E-state index is 0.130. The molecule has 2 aromatic heterocycles. The summed E-state index contributed by atoms with van der Waals surface area (Å²) >= 11 is 8.84. The molecule has 0 unspecified atom stereocenters. The van der Waals surface area contributed by atoms with Crippen molar-refractivity contribution in [3.8, 4) is 0 Å². The topological polar surface area (TPSA) is 55.1 Å². The van der Waals surface area contributed by atoms with Crippen LogP contribution in [-0.2, 0) is 0 Å². The Hall–Kier alpha value is -1.80. The normalized spacial score (nSPS) is 11.0. The molecule has 0 saturated carbocycles. The van der Waals surface area contributed by atoms with Crippen molar-refractivity contribution in [3.63, 3.8) is 0 Å². The number of nitrogens with zero attached hydrogens (tertiary/aromatic N) is 4. The SMILES string of the molecule is Fc1cc(Br)cc(F)c1Nc1cc(Cl)nc2ncnn12. The minimum atomic E-state index is -0.752. The van der Waals surface area contributed by atoms with Crippen molar-refractivity contribution in [2.24, 2.45) is 0 Å². The summed E-state index contributed by atoms with van der Waals surface area (Å²) in [5, 5.41) is 6.63. The van der Waals surface area contributed by atoms with Gasteiger partial charge in [0, 0.05) is 10.5 Å². The lowest BCUT2D eigenvalue weighted by molar-refractivity contribution is 0.589. The zero-order valence-electron chi connectivity index (χ0n) is 9.61. The van der Waals surface area contributed by atoms with Crippen LogP contribution >= 0.6 is 27.5 Å². The van der Waals surface area contributed by atoms with Gasteiger partial charge in [-0.15, -0.1) is 0 Å². The third-order valence-electron chi connectivity index (χ3n) is 2.48. The van der Waals surface area contributed by atoms with Crippen molar-refractivity contribution in [3.05, 3.63) is 45.8 Å². The molecular formula is C11H5BrClF2N5. The molecule has 9 heteroatoms. The van der Waals surface area contributed by atoms with Crippen LogP contribution in [0.2, 0.25) is 5.15 Å². The number of fused-ring (bicyclic) bond motifs is 1. The highest BCUT2D eigenvalue weighted by atomic mass is 79.9. The fraction of sp³-hybridized carbons (Fsp3) is 0. The maximum absolute atomic E-state index is 13.8. The summed E-state index contributed by atoms with van der Waals surface area (Å²) in [6.07, 6.45) is 1.26. The zero-order chi connectivity index (χ0) is 14.3. The van der Waals surface area contributed by atoms with E-state index in [0.29, 0.717) is 4.47 Å². The predicted octanol–water partition coefficient (Wildman–Crippen LogP) is 3.56. The number of aromatic nitrogens is 4. The van der Waals surface area contributed by atoms with Gasteiger partial charge in [0.25, 0.3) is 5.78 Å². The van der Waals surface area contributed by atoms with Crippen LogP contribution in [0.3, 0.4) is 0 Å². The Balaban J connectivity index is 2.12. The molecule has 3 rings (SSSR count). The van der Waals surface area contributed by atoms with E-state index < -0.39 is 11.6 Å². The molecule has 1 aromatic carbocycles. The molecule has 0 aliphatic heterocycles. The first kappa shape index (κ1) is 13.2. The Kier molecular flexibility index (Phi) is 3.27. The fourth-order valence-corrected chi connectivity index (χ4v) is 2.24. The molecule has 5 nitrogen and oxygen atoms in total. The molecule has 0 saturated heterocycles. The average molecular weight is 361 g/mol. The van der Waals surface area contributed by atoms with Gasteiger partial charge in [-0.05, 0) is 12.1 Å². The van der Waals surface area contributed by atoms with Gasteiger partial charge in [0.15, 0.2) is 11.6 Å². The van der Waals surface area contributed by atoms with E-state index in [-0.39, 0.29) is 22.4 Å². The van der Waals surface area contributed by atoms with Gasteiger partial charge in [-0.25, -0.2) is 8.78 Å². The first-order valence-electron chi connectivity index (χ1n) is 5.32. The first-order chi connectivity index (χ1) is 9.54. The van der Waals surface area contributed by atoms with Crippen molar-refractivity contribution in [1.29, 1.82) is 0 Å². The number of hydrogen-bond donors (Lipinski definition) is 1. The van der Waals surface area contributed by atoms with E-state index in [1.165, 1.54) is 16.9 Å². The largest absolute Gasteiger partial charge is 0.335 e. The molecule has 0 aliphatic carbocycles. The number of halogens is 4. The van der Waals surface area contributed by atoms with E-state index in [9.17, 15) is 8.78 Å². The molecule has 3 aromatic rings. The standard InChI is InChI=1S/C11H5BrClF2N5/c12-5-1-6(14)10(7(15)2-5)19-9-3-8(13)18-11-16-4-17-20(9)11/h1-4,19H. The molecule has 0 bridgehead atoms. The zero-order valence-corrected chi connectivity index (χ0v) is 12.0. The van der Waals surface area contributed by atoms with Crippen LogP contribution < -0.4 is 5.32 Å². The highest BCUT2D eigenvalue weighted by Crippen LogP contribution is 2.27. The van der Waals surface area contributed by atoms with Crippen molar-refractivity contribution >= 4 is 44.8 Å². The van der Waals surface area contributed by atoms with Gasteiger partial charge >= 0.3 is 0 Å². The van der Waals surface area contributed by atoms with Crippen molar-refractivity contribution in [2.45, 2.75) is 0 Å². The summed E-state index contributed by atoms with van der Waals surface area (Å²) in [7, 11) is 0. The molecule has 0 atom stereocenters. The molecule has 1 N–H and O–H groups in total. The van der Waals surface area contributed by atoms with Crippen LogP contribution in [0.1, 0.15) is 0 Å². The van der Waals surface area contributed by atoms with Gasteiger partial charge in [-0.2, -0.15) is 19.6 Å². The fourth-order valence-electron chi connectivity index (χ4n) is 1.66. The van der Waals surface area contributed by atoms with Crippen molar-refractivity contribution in [2.75, 3.05) is 5.32 Å². The van der Waals surface area contributed by atoms with Gasteiger partial charge < -0.3 is 5.32 Å². The lowest BCUT2D eigenvalue weighted by Gasteiger charge is -2.10. The van der Waals surface area contributed by atoms with E-state index in [4.69, 9.17) is 11.6 Å². The van der Waals surface area contributed by atoms with Crippen LogP contribution in [-0.4, -0.2) is 19.6 Å². The van der Waals surface area contributed by atoms with Crippen LogP contribution in [0.5, 0.6) is 0 Å². The summed E-state index contributed by atoms with van der Waals surface area (Å²) in [5.41, 5.74) is -0.313. The monoisotopic (exact) mass is 359 g/mol. The van der Waals surface area contributed by atoms with Gasteiger partial charge in [-0.3, -0.25) is 0 Å². The van der Waals surface area contributed by atoms with Crippen LogP contribution in [0.25, 0.3) is 5.78 Å². The number of anilines is 2. The molecule has 0 aliphatic rings. The minimum Gasteiger partial charge on any atom is -0.335 e. The van der Waals surface area contributed by atoms with Crippen LogP contribution in [0.15, 0.2) is 29.0 Å². The molecule has 0 spiro atoms. The second kappa shape index (κ2) is 4.95.